The third kappa shape index (κ3) is 7.18. The molecule has 3 rings (SSSR count). The first-order chi connectivity index (χ1) is 18.8. The van der Waals surface area contributed by atoms with E-state index in [2.05, 4.69) is 10.5 Å². The van der Waals surface area contributed by atoms with E-state index >= 15 is 0 Å². The fourth-order valence-electron chi connectivity index (χ4n) is 3.69. The lowest BCUT2D eigenvalue weighted by Crippen LogP contribution is -2.39. The predicted octanol–water partition coefficient (Wildman–Crippen LogP) is 3.07. The van der Waals surface area contributed by atoms with Crippen LogP contribution in [0, 0.1) is 0 Å². The highest BCUT2D eigenvalue weighted by Crippen LogP contribution is 2.37. The summed E-state index contributed by atoms with van der Waals surface area (Å²) in [4.78, 5) is 12.8. The average Bonchev–Trinajstić information content (AvgIpc) is 2.96. The van der Waals surface area contributed by atoms with E-state index in [0.29, 0.717) is 34.1 Å². The number of carbonyl (C=O) groups excluding carboxylic acids is 1. The van der Waals surface area contributed by atoms with Crippen LogP contribution in [-0.4, -0.2) is 66.9 Å². The Morgan fingerprint density at radius 1 is 0.821 bits per heavy atom. The second-order valence-corrected chi connectivity index (χ2v) is 9.97. The maximum absolute atomic E-state index is 13.6. The molecule has 1 N–H and O–H groups in total. The molecule has 39 heavy (non-hydrogen) atoms. The number of rotatable bonds is 13. The fourth-order valence-corrected chi connectivity index (χ4v) is 5.09. The number of nitrogens with one attached hydrogen (secondary N) is 1. The van der Waals surface area contributed by atoms with Crippen LogP contribution in [0.25, 0.3) is 0 Å². The molecule has 1 amide bonds. The van der Waals surface area contributed by atoms with Crippen LogP contribution in [0.4, 0.5) is 0 Å². The van der Waals surface area contributed by atoms with Crippen LogP contribution in [0.1, 0.15) is 11.1 Å². The van der Waals surface area contributed by atoms with Crippen molar-refractivity contribution in [1.29, 1.82) is 0 Å². The van der Waals surface area contributed by atoms with E-state index < -0.39 is 22.5 Å². The van der Waals surface area contributed by atoms with Crippen LogP contribution in [0.15, 0.2) is 70.7 Å². The molecule has 0 unspecified atom stereocenters. The Morgan fingerprint density at radius 2 is 1.44 bits per heavy atom. The van der Waals surface area contributed by atoms with Gasteiger partial charge in [0, 0.05) is 18.2 Å². The number of sulfonamides is 1. The fraction of sp³-hybridized carbons (Fsp3) is 0.259. The van der Waals surface area contributed by atoms with E-state index in [9.17, 15) is 13.2 Å². The molecule has 0 spiro atoms. The molecular weight excluding hydrogens is 526 g/mol. The molecule has 0 aromatic heterocycles. The van der Waals surface area contributed by atoms with Crippen molar-refractivity contribution < 1.29 is 36.9 Å². The molecule has 0 radical (unpaired) electrons. The Bertz CT molecular complexity index is 1390. The van der Waals surface area contributed by atoms with Crippen LogP contribution in [0.5, 0.6) is 28.7 Å². The van der Waals surface area contributed by atoms with Gasteiger partial charge in [-0.2, -0.15) is 9.41 Å². The molecular formula is C27H31N3O8S. The maximum Gasteiger partial charge on any atom is 0.255 e. The van der Waals surface area contributed by atoms with Gasteiger partial charge in [-0.1, -0.05) is 30.3 Å². The first-order valence-corrected chi connectivity index (χ1v) is 13.1. The van der Waals surface area contributed by atoms with Gasteiger partial charge in [0.05, 0.1) is 53.2 Å². The molecule has 3 aromatic carbocycles. The van der Waals surface area contributed by atoms with Crippen LogP contribution >= 0.6 is 0 Å². The highest BCUT2D eigenvalue weighted by Gasteiger charge is 2.28. The maximum atomic E-state index is 13.6. The summed E-state index contributed by atoms with van der Waals surface area (Å²) in [5.74, 6) is 1.23. The van der Waals surface area contributed by atoms with Crippen LogP contribution < -0.4 is 29.1 Å². The van der Waals surface area contributed by atoms with Crippen molar-refractivity contribution in [3.63, 3.8) is 0 Å². The molecule has 0 aliphatic heterocycles. The van der Waals surface area contributed by atoms with Gasteiger partial charge < -0.3 is 23.7 Å². The SMILES string of the molecule is COc1ccc(S(=O)(=O)N(CC(=O)NN=Cc2cc(OC)c(OC)c(OC)c2)Cc2ccccc2)cc1OC. The van der Waals surface area contributed by atoms with Gasteiger partial charge in [-0.15, -0.1) is 0 Å². The predicted molar refractivity (Wildman–Crippen MR) is 145 cm³/mol. The number of methoxy groups -OCH3 is 5. The summed E-state index contributed by atoms with van der Waals surface area (Å²) < 4.78 is 54.7. The zero-order valence-electron chi connectivity index (χ0n) is 22.3. The summed E-state index contributed by atoms with van der Waals surface area (Å²) in [7, 11) is 3.21. The smallest absolute Gasteiger partial charge is 0.255 e. The summed E-state index contributed by atoms with van der Waals surface area (Å²) in [6.07, 6.45) is 1.38. The lowest BCUT2D eigenvalue weighted by Gasteiger charge is -2.22. The molecule has 0 bridgehead atoms. The van der Waals surface area contributed by atoms with Gasteiger partial charge in [0.1, 0.15) is 0 Å². The number of carbonyl (C=O) groups is 1. The van der Waals surface area contributed by atoms with Crippen molar-refractivity contribution in [3.05, 3.63) is 71.8 Å². The largest absolute Gasteiger partial charge is 0.493 e. The molecule has 0 atom stereocenters. The molecule has 11 nitrogen and oxygen atoms in total. The van der Waals surface area contributed by atoms with Crippen molar-refractivity contribution in [3.8, 4) is 28.7 Å². The summed E-state index contributed by atoms with van der Waals surface area (Å²) >= 11 is 0. The van der Waals surface area contributed by atoms with Gasteiger partial charge in [0.15, 0.2) is 23.0 Å². The number of hydrogen-bond acceptors (Lipinski definition) is 9. The van der Waals surface area contributed by atoms with Gasteiger partial charge in [-0.3, -0.25) is 4.79 Å². The van der Waals surface area contributed by atoms with Gasteiger partial charge in [0.2, 0.25) is 15.8 Å². The minimum Gasteiger partial charge on any atom is -0.493 e. The molecule has 3 aromatic rings. The quantitative estimate of drug-likeness (QED) is 0.251. The first-order valence-electron chi connectivity index (χ1n) is 11.6. The summed E-state index contributed by atoms with van der Waals surface area (Å²) in [5, 5.41) is 3.98. The lowest BCUT2D eigenvalue weighted by molar-refractivity contribution is -0.121. The minimum atomic E-state index is -4.12. The number of amides is 1. The van der Waals surface area contributed by atoms with Gasteiger partial charge in [0.25, 0.3) is 5.91 Å². The van der Waals surface area contributed by atoms with Gasteiger partial charge >= 0.3 is 0 Å². The Balaban J connectivity index is 1.84. The summed E-state index contributed by atoms with van der Waals surface area (Å²) in [6.45, 7) is -0.528. The summed E-state index contributed by atoms with van der Waals surface area (Å²) in [5.41, 5.74) is 3.65. The second-order valence-electron chi connectivity index (χ2n) is 8.03. The monoisotopic (exact) mass is 557 g/mol. The Morgan fingerprint density at radius 3 is 2.00 bits per heavy atom. The van der Waals surface area contributed by atoms with Crippen molar-refractivity contribution in [1.82, 2.24) is 9.73 Å². The number of nitrogens with zero attached hydrogens (tertiary/aromatic N) is 2. The average molecular weight is 558 g/mol. The number of hydrazone groups is 1. The molecule has 0 saturated heterocycles. The van der Waals surface area contributed by atoms with E-state index in [1.165, 1.54) is 60.0 Å². The number of ether oxygens (including phenoxy) is 5. The molecule has 12 heteroatoms. The number of benzene rings is 3. The van der Waals surface area contributed by atoms with Crippen molar-refractivity contribution >= 4 is 22.1 Å². The Hall–Kier alpha value is -4.29. The second kappa shape index (κ2) is 13.5. The summed E-state index contributed by atoms with van der Waals surface area (Å²) in [6, 6.07) is 16.5. The van der Waals surface area contributed by atoms with E-state index in [4.69, 9.17) is 23.7 Å². The van der Waals surface area contributed by atoms with Crippen molar-refractivity contribution in [2.24, 2.45) is 5.10 Å². The zero-order chi connectivity index (χ0) is 28.4. The topological polar surface area (TPSA) is 125 Å². The lowest BCUT2D eigenvalue weighted by atomic mass is 10.2. The van der Waals surface area contributed by atoms with Gasteiger partial charge in [-0.05, 0) is 29.8 Å². The van der Waals surface area contributed by atoms with E-state index in [1.807, 2.05) is 6.07 Å². The molecule has 0 fully saturated rings. The normalized spacial score (nSPS) is 11.3. The molecule has 0 aliphatic rings. The van der Waals surface area contributed by atoms with Crippen LogP contribution in [0.2, 0.25) is 0 Å². The van der Waals surface area contributed by atoms with Crippen molar-refractivity contribution in [2.45, 2.75) is 11.4 Å². The zero-order valence-corrected chi connectivity index (χ0v) is 23.2. The third-order valence-corrected chi connectivity index (χ3v) is 7.39. The van der Waals surface area contributed by atoms with Crippen LogP contribution in [0.3, 0.4) is 0 Å². The van der Waals surface area contributed by atoms with Crippen LogP contribution in [-0.2, 0) is 21.4 Å². The minimum absolute atomic E-state index is 0.0401. The standard InChI is InChI=1S/C27H31N3O8S/c1-34-22-12-11-21(15-23(22)35-2)39(32,33)30(17-19-9-7-6-8-10-19)18-26(31)29-28-16-20-13-24(36-3)27(38-5)25(14-20)37-4/h6-16H,17-18H2,1-5H3,(H,29,31). The molecule has 0 aliphatic carbocycles. The highest BCUT2D eigenvalue weighted by molar-refractivity contribution is 7.89. The number of hydrogen-bond donors (Lipinski definition) is 1. The Labute approximate surface area is 227 Å². The third-order valence-electron chi connectivity index (χ3n) is 5.60. The Kier molecular flexibility index (Phi) is 10.1. The highest BCUT2D eigenvalue weighted by atomic mass is 32.2. The molecule has 0 heterocycles. The molecule has 208 valence electrons. The first kappa shape index (κ1) is 29.3. The van der Waals surface area contributed by atoms with E-state index in [1.54, 1.807) is 36.4 Å². The van der Waals surface area contributed by atoms with E-state index in [0.717, 1.165) is 4.31 Å². The van der Waals surface area contributed by atoms with E-state index in [-0.39, 0.29) is 17.2 Å². The van der Waals surface area contributed by atoms with Gasteiger partial charge in [-0.25, -0.2) is 13.8 Å². The van der Waals surface area contributed by atoms with Crippen molar-refractivity contribution in [2.75, 3.05) is 42.1 Å². The molecule has 0 saturated carbocycles.